The molecule has 104 valence electrons. The van der Waals surface area contributed by atoms with Crippen LogP contribution in [0.5, 0.6) is 0 Å². The van der Waals surface area contributed by atoms with Gasteiger partial charge in [-0.15, -0.1) is 0 Å². The minimum Gasteiger partial charge on any atom is -0.480 e. The van der Waals surface area contributed by atoms with E-state index in [4.69, 9.17) is 9.84 Å². The molecule has 0 rings (SSSR count). The molecule has 0 aliphatic rings. The van der Waals surface area contributed by atoms with Crippen molar-refractivity contribution in [3.05, 3.63) is 0 Å². The van der Waals surface area contributed by atoms with Crippen molar-refractivity contribution < 1.29 is 24.2 Å². The lowest BCUT2D eigenvalue weighted by Gasteiger charge is -2.25. The van der Waals surface area contributed by atoms with Gasteiger partial charge < -0.3 is 25.8 Å². The molecule has 0 bridgehead atoms. The second-order valence-electron chi connectivity index (χ2n) is 4.30. The lowest BCUT2D eigenvalue weighted by molar-refractivity contribution is -0.137. The largest absolute Gasteiger partial charge is 0.480 e. The summed E-state index contributed by atoms with van der Waals surface area (Å²) in [6.07, 6.45) is 0. The molecule has 0 spiro atoms. The SMILES string of the molecule is COCC(C)(C)NC(=O)NCC(=O)NCC(=O)O. The number of amides is 3. The summed E-state index contributed by atoms with van der Waals surface area (Å²) in [5.41, 5.74) is -0.559. The first-order chi connectivity index (χ1) is 8.26. The van der Waals surface area contributed by atoms with E-state index in [1.165, 1.54) is 7.11 Å². The minimum absolute atomic E-state index is 0.290. The highest BCUT2D eigenvalue weighted by Gasteiger charge is 2.20. The summed E-state index contributed by atoms with van der Waals surface area (Å²) in [6.45, 7) is 3.09. The number of aliphatic carboxylic acids is 1. The van der Waals surface area contributed by atoms with E-state index in [2.05, 4.69) is 16.0 Å². The predicted molar refractivity (Wildman–Crippen MR) is 63.1 cm³/mol. The minimum atomic E-state index is -1.14. The number of carbonyl (C=O) groups excluding carboxylic acids is 2. The van der Waals surface area contributed by atoms with Gasteiger partial charge in [-0.3, -0.25) is 9.59 Å². The van der Waals surface area contributed by atoms with Gasteiger partial charge in [0.1, 0.15) is 6.54 Å². The molecule has 18 heavy (non-hydrogen) atoms. The zero-order chi connectivity index (χ0) is 14.2. The molecule has 0 atom stereocenters. The highest BCUT2D eigenvalue weighted by atomic mass is 16.5. The molecule has 4 N–H and O–H groups in total. The van der Waals surface area contributed by atoms with Crippen molar-refractivity contribution in [3.8, 4) is 0 Å². The third-order valence-corrected chi connectivity index (χ3v) is 1.80. The number of carbonyl (C=O) groups is 3. The van der Waals surface area contributed by atoms with Crippen LogP contribution in [0.15, 0.2) is 0 Å². The van der Waals surface area contributed by atoms with Gasteiger partial charge in [0.15, 0.2) is 0 Å². The highest BCUT2D eigenvalue weighted by molar-refractivity contribution is 5.86. The molecule has 0 aromatic carbocycles. The Labute approximate surface area is 105 Å². The van der Waals surface area contributed by atoms with Crippen molar-refractivity contribution in [2.24, 2.45) is 0 Å². The highest BCUT2D eigenvalue weighted by Crippen LogP contribution is 2.00. The number of carboxylic acids is 1. The normalized spacial score (nSPS) is 10.6. The maximum absolute atomic E-state index is 11.4. The van der Waals surface area contributed by atoms with Gasteiger partial charge in [0.2, 0.25) is 5.91 Å². The van der Waals surface area contributed by atoms with E-state index >= 15 is 0 Å². The Bertz CT molecular complexity index is 317. The molecular weight excluding hydrogens is 242 g/mol. The molecule has 0 heterocycles. The van der Waals surface area contributed by atoms with Gasteiger partial charge in [-0.25, -0.2) is 4.79 Å². The van der Waals surface area contributed by atoms with Crippen molar-refractivity contribution in [2.75, 3.05) is 26.8 Å². The zero-order valence-electron chi connectivity index (χ0n) is 10.7. The van der Waals surface area contributed by atoms with Gasteiger partial charge in [0.25, 0.3) is 0 Å². The van der Waals surface area contributed by atoms with Crippen LogP contribution in [-0.4, -0.2) is 55.4 Å². The van der Waals surface area contributed by atoms with E-state index in [-0.39, 0.29) is 6.54 Å². The molecule has 0 unspecified atom stereocenters. The lowest BCUT2D eigenvalue weighted by Crippen LogP contribution is -2.52. The summed E-state index contributed by atoms with van der Waals surface area (Å²) in [5.74, 6) is -1.72. The van der Waals surface area contributed by atoms with Crippen LogP contribution in [0.3, 0.4) is 0 Å². The van der Waals surface area contributed by atoms with Crippen molar-refractivity contribution >= 4 is 17.9 Å². The quantitative estimate of drug-likeness (QED) is 0.464. The molecule has 0 aromatic heterocycles. The van der Waals surface area contributed by atoms with Crippen LogP contribution in [0.2, 0.25) is 0 Å². The summed E-state index contributed by atoms with van der Waals surface area (Å²) in [5, 5.41) is 15.4. The van der Waals surface area contributed by atoms with Crippen LogP contribution in [0.4, 0.5) is 4.79 Å². The third kappa shape index (κ3) is 8.34. The molecule has 0 aliphatic heterocycles. The average Bonchev–Trinajstić information content (AvgIpc) is 2.22. The van der Waals surface area contributed by atoms with Crippen molar-refractivity contribution in [1.82, 2.24) is 16.0 Å². The average molecular weight is 261 g/mol. The molecule has 0 fully saturated rings. The van der Waals surface area contributed by atoms with Crippen LogP contribution >= 0.6 is 0 Å². The molecule has 0 saturated carbocycles. The molecular formula is C10H19N3O5. The maximum Gasteiger partial charge on any atom is 0.322 e. The van der Waals surface area contributed by atoms with Crippen molar-refractivity contribution in [3.63, 3.8) is 0 Å². The Morgan fingerprint density at radius 2 is 1.78 bits per heavy atom. The van der Waals surface area contributed by atoms with Crippen molar-refractivity contribution in [2.45, 2.75) is 19.4 Å². The summed E-state index contributed by atoms with van der Waals surface area (Å²) >= 11 is 0. The summed E-state index contributed by atoms with van der Waals surface area (Å²) in [7, 11) is 1.51. The standard InChI is InChI=1S/C10H19N3O5/c1-10(2,6-18-3)13-9(17)12-4-7(14)11-5-8(15)16/h4-6H2,1-3H3,(H,11,14)(H,15,16)(H2,12,13,17). The number of nitrogens with one attached hydrogen (secondary N) is 3. The van der Waals surface area contributed by atoms with Gasteiger partial charge in [-0.2, -0.15) is 0 Å². The fraction of sp³-hybridized carbons (Fsp3) is 0.700. The second-order valence-corrected chi connectivity index (χ2v) is 4.30. The van der Waals surface area contributed by atoms with E-state index in [0.717, 1.165) is 0 Å². The Balaban J connectivity index is 3.89. The first-order valence-corrected chi connectivity index (χ1v) is 5.30. The molecule has 8 nitrogen and oxygen atoms in total. The summed E-state index contributed by atoms with van der Waals surface area (Å²) < 4.78 is 4.91. The van der Waals surface area contributed by atoms with Crippen molar-refractivity contribution in [1.29, 1.82) is 0 Å². The topological polar surface area (TPSA) is 117 Å². The Morgan fingerprint density at radius 3 is 2.28 bits per heavy atom. The van der Waals surface area contributed by atoms with Crippen LogP contribution in [0.1, 0.15) is 13.8 Å². The monoisotopic (exact) mass is 261 g/mol. The lowest BCUT2D eigenvalue weighted by atomic mass is 10.1. The van der Waals surface area contributed by atoms with Crippen LogP contribution in [-0.2, 0) is 14.3 Å². The van der Waals surface area contributed by atoms with Gasteiger partial charge in [-0.05, 0) is 13.8 Å². The van der Waals surface area contributed by atoms with E-state index < -0.39 is 30.0 Å². The number of hydrogen-bond donors (Lipinski definition) is 4. The smallest absolute Gasteiger partial charge is 0.322 e. The second kappa shape index (κ2) is 7.49. The van der Waals surface area contributed by atoms with Gasteiger partial charge in [-0.1, -0.05) is 0 Å². The number of methoxy groups -OCH3 is 1. The Hall–Kier alpha value is -1.83. The summed E-state index contributed by atoms with van der Waals surface area (Å²) in [6, 6.07) is -0.525. The number of urea groups is 1. The number of rotatable bonds is 7. The van der Waals surface area contributed by atoms with E-state index in [1.807, 2.05) is 0 Å². The van der Waals surface area contributed by atoms with Gasteiger partial charge in [0.05, 0.1) is 18.7 Å². The van der Waals surface area contributed by atoms with Crippen LogP contribution < -0.4 is 16.0 Å². The first-order valence-electron chi connectivity index (χ1n) is 5.30. The maximum atomic E-state index is 11.4. The fourth-order valence-corrected chi connectivity index (χ4v) is 1.15. The molecule has 3 amide bonds. The fourth-order valence-electron chi connectivity index (χ4n) is 1.15. The molecule has 0 aliphatic carbocycles. The zero-order valence-corrected chi connectivity index (χ0v) is 10.7. The van der Waals surface area contributed by atoms with Crippen LogP contribution in [0.25, 0.3) is 0 Å². The molecule has 8 heteroatoms. The van der Waals surface area contributed by atoms with Crippen LogP contribution in [0, 0.1) is 0 Å². The Kier molecular flexibility index (Phi) is 6.73. The first kappa shape index (κ1) is 16.2. The molecule has 0 radical (unpaired) electrons. The van der Waals surface area contributed by atoms with E-state index in [0.29, 0.717) is 6.61 Å². The molecule has 0 aromatic rings. The van der Waals surface area contributed by atoms with E-state index in [1.54, 1.807) is 13.8 Å². The van der Waals surface area contributed by atoms with E-state index in [9.17, 15) is 14.4 Å². The number of ether oxygens (including phenoxy) is 1. The van der Waals surface area contributed by atoms with Gasteiger partial charge in [0, 0.05) is 7.11 Å². The van der Waals surface area contributed by atoms with Gasteiger partial charge >= 0.3 is 12.0 Å². The number of carboxylic acid groups (broad SMARTS) is 1. The summed E-state index contributed by atoms with van der Waals surface area (Å²) in [4.78, 5) is 32.7. The Morgan fingerprint density at radius 1 is 1.17 bits per heavy atom. The predicted octanol–water partition coefficient (Wildman–Crippen LogP) is -1.09. The third-order valence-electron chi connectivity index (χ3n) is 1.80. The number of hydrogen-bond acceptors (Lipinski definition) is 4. The molecule has 0 saturated heterocycles.